The molecular formula is C21H25N3O2. The van der Waals surface area contributed by atoms with E-state index in [0.29, 0.717) is 24.4 Å². The Hall–Kier alpha value is -3.00. The smallest absolute Gasteiger partial charge is 0.263 e. The largest absolute Gasteiger partial charge is 0.481 e. The summed E-state index contributed by atoms with van der Waals surface area (Å²) < 4.78 is 5.74. The van der Waals surface area contributed by atoms with Crippen LogP contribution in [0.5, 0.6) is 5.75 Å². The minimum Gasteiger partial charge on any atom is -0.481 e. The number of rotatable bonds is 7. The SMILES string of the molecule is CCN(Cc1ccc(N(C)C)cc1)C(=O)C(C)Oc1ccc(C#N)cc1. The molecule has 0 radical (unpaired) electrons. The Balaban J connectivity index is 2.00. The Kier molecular flexibility index (Phi) is 6.62. The van der Waals surface area contributed by atoms with Crippen molar-refractivity contribution in [3.8, 4) is 11.8 Å². The number of anilines is 1. The lowest BCUT2D eigenvalue weighted by Crippen LogP contribution is -2.40. The lowest BCUT2D eigenvalue weighted by Gasteiger charge is -2.25. The molecule has 2 aromatic carbocycles. The van der Waals surface area contributed by atoms with Crippen LogP contribution in [-0.4, -0.2) is 37.6 Å². The second kappa shape index (κ2) is 8.91. The molecule has 1 unspecified atom stereocenters. The third-order valence-electron chi connectivity index (χ3n) is 4.16. The van der Waals surface area contributed by atoms with Crippen LogP contribution in [0.1, 0.15) is 25.0 Å². The Morgan fingerprint density at radius 2 is 1.73 bits per heavy atom. The fourth-order valence-electron chi connectivity index (χ4n) is 2.59. The molecule has 2 rings (SSSR count). The molecule has 0 bridgehead atoms. The predicted octanol–water partition coefficient (Wildman–Crippen LogP) is 3.44. The molecule has 0 aliphatic heterocycles. The van der Waals surface area contributed by atoms with Crippen LogP contribution in [0.4, 0.5) is 5.69 Å². The summed E-state index contributed by atoms with van der Waals surface area (Å²) in [6.07, 6.45) is -0.594. The molecule has 5 heteroatoms. The average Bonchev–Trinajstić information content (AvgIpc) is 2.66. The summed E-state index contributed by atoms with van der Waals surface area (Å²) >= 11 is 0. The van der Waals surface area contributed by atoms with Crippen LogP contribution in [0.3, 0.4) is 0 Å². The zero-order valence-corrected chi connectivity index (χ0v) is 15.8. The summed E-state index contributed by atoms with van der Waals surface area (Å²) in [5.41, 5.74) is 2.77. The highest BCUT2D eigenvalue weighted by molar-refractivity contribution is 5.80. The van der Waals surface area contributed by atoms with Crippen LogP contribution in [0, 0.1) is 11.3 Å². The molecule has 1 amide bonds. The molecule has 0 fully saturated rings. The van der Waals surface area contributed by atoms with Crippen LogP contribution in [-0.2, 0) is 11.3 Å². The average molecular weight is 351 g/mol. The Morgan fingerprint density at radius 1 is 1.12 bits per heavy atom. The minimum absolute atomic E-state index is 0.0615. The summed E-state index contributed by atoms with van der Waals surface area (Å²) in [5.74, 6) is 0.518. The quantitative estimate of drug-likeness (QED) is 0.767. The van der Waals surface area contributed by atoms with Gasteiger partial charge in [0.25, 0.3) is 5.91 Å². The number of nitriles is 1. The van der Waals surface area contributed by atoms with E-state index < -0.39 is 6.10 Å². The number of carbonyl (C=O) groups excluding carboxylic acids is 1. The summed E-state index contributed by atoms with van der Waals surface area (Å²) in [5, 5.41) is 8.84. The zero-order valence-electron chi connectivity index (χ0n) is 15.8. The van der Waals surface area contributed by atoms with Crippen molar-refractivity contribution in [2.24, 2.45) is 0 Å². The van der Waals surface area contributed by atoms with E-state index in [9.17, 15) is 4.79 Å². The van der Waals surface area contributed by atoms with E-state index in [-0.39, 0.29) is 5.91 Å². The summed E-state index contributed by atoms with van der Waals surface area (Å²) in [6, 6.07) is 17.0. The Morgan fingerprint density at radius 3 is 2.23 bits per heavy atom. The van der Waals surface area contributed by atoms with Gasteiger partial charge in [0.1, 0.15) is 5.75 Å². The van der Waals surface area contributed by atoms with Crippen LogP contribution in [0.25, 0.3) is 0 Å². The van der Waals surface area contributed by atoms with Gasteiger partial charge < -0.3 is 14.5 Å². The molecule has 1 atom stereocenters. The number of hydrogen-bond donors (Lipinski definition) is 0. The normalized spacial score (nSPS) is 11.3. The fourth-order valence-corrected chi connectivity index (χ4v) is 2.59. The first-order valence-corrected chi connectivity index (χ1v) is 8.66. The predicted molar refractivity (Wildman–Crippen MR) is 103 cm³/mol. The molecule has 2 aromatic rings. The maximum absolute atomic E-state index is 12.7. The van der Waals surface area contributed by atoms with Gasteiger partial charge in [-0.3, -0.25) is 4.79 Å². The van der Waals surface area contributed by atoms with E-state index in [4.69, 9.17) is 10.00 Å². The number of amides is 1. The molecule has 26 heavy (non-hydrogen) atoms. The molecule has 0 saturated heterocycles. The first kappa shape index (κ1) is 19.3. The van der Waals surface area contributed by atoms with E-state index >= 15 is 0 Å². The number of ether oxygens (including phenoxy) is 1. The van der Waals surface area contributed by atoms with Gasteiger partial charge in [0.15, 0.2) is 6.10 Å². The van der Waals surface area contributed by atoms with Crippen LogP contribution in [0.15, 0.2) is 48.5 Å². The molecule has 0 spiro atoms. The molecule has 0 aromatic heterocycles. The van der Waals surface area contributed by atoms with E-state index in [1.807, 2.05) is 50.2 Å². The molecule has 0 aliphatic carbocycles. The number of hydrogen-bond acceptors (Lipinski definition) is 4. The monoisotopic (exact) mass is 351 g/mol. The first-order valence-electron chi connectivity index (χ1n) is 8.66. The van der Waals surface area contributed by atoms with E-state index in [1.54, 1.807) is 36.1 Å². The van der Waals surface area contributed by atoms with Crippen molar-refractivity contribution in [3.63, 3.8) is 0 Å². The standard InChI is InChI=1S/C21H25N3O2/c1-5-24(15-18-6-10-19(11-7-18)23(3)4)21(25)16(2)26-20-12-8-17(14-22)9-13-20/h6-13,16H,5,15H2,1-4H3. The van der Waals surface area contributed by atoms with Gasteiger partial charge in [0.2, 0.25) is 0 Å². The number of nitrogens with zero attached hydrogens (tertiary/aromatic N) is 3. The van der Waals surface area contributed by atoms with Crippen molar-refractivity contribution in [2.45, 2.75) is 26.5 Å². The van der Waals surface area contributed by atoms with Crippen molar-refractivity contribution >= 4 is 11.6 Å². The van der Waals surface area contributed by atoms with Gasteiger partial charge in [0.05, 0.1) is 11.6 Å². The first-order chi connectivity index (χ1) is 12.4. The van der Waals surface area contributed by atoms with Gasteiger partial charge in [-0.1, -0.05) is 12.1 Å². The van der Waals surface area contributed by atoms with Gasteiger partial charge in [-0.25, -0.2) is 0 Å². The number of carbonyl (C=O) groups is 1. The van der Waals surface area contributed by atoms with Crippen molar-refractivity contribution in [3.05, 3.63) is 59.7 Å². The van der Waals surface area contributed by atoms with Crippen LogP contribution >= 0.6 is 0 Å². The molecule has 0 saturated carbocycles. The number of likely N-dealkylation sites (N-methyl/N-ethyl adjacent to an activating group) is 1. The van der Waals surface area contributed by atoms with Gasteiger partial charge >= 0.3 is 0 Å². The minimum atomic E-state index is -0.594. The van der Waals surface area contributed by atoms with Crippen LogP contribution in [0.2, 0.25) is 0 Å². The van der Waals surface area contributed by atoms with Crippen molar-refractivity contribution in [1.29, 1.82) is 5.26 Å². The molecule has 5 nitrogen and oxygen atoms in total. The summed E-state index contributed by atoms with van der Waals surface area (Å²) in [4.78, 5) is 16.5. The molecule has 0 heterocycles. The second-order valence-electron chi connectivity index (χ2n) is 6.31. The second-order valence-corrected chi connectivity index (χ2v) is 6.31. The topological polar surface area (TPSA) is 56.6 Å². The lowest BCUT2D eigenvalue weighted by atomic mass is 10.1. The third-order valence-corrected chi connectivity index (χ3v) is 4.16. The lowest BCUT2D eigenvalue weighted by molar-refractivity contribution is -0.138. The van der Waals surface area contributed by atoms with E-state index in [1.165, 1.54) is 0 Å². The van der Waals surface area contributed by atoms with Crippen molar-refractivity contribution < 1.29 is 9.53 Å². The van der Waals surface area contributed by atoms with Gasteiger partial charge in [-0.2, -0.15) is 5.26 Å². The van der Waals surface area contributed by atoms with Crippen LogP contribution < -0.4 is 9.64 Å². The van der Waals surface area contributed by atoms with Crippen molar-refractivity contribution in [1.82, 2.24) is 4.90 Å². The fraction of sp³-hybridized carbons (Fsp3) is 0.333. The van der Waals surface area contributed by atoms with Gasteiger partial charge in [-0.05, 0) is 55.8 Å². The molecular weight excluding hydrogens is 326 g/mol. The zero-order chi connectivity index (χ0) is 19.1. The Labute approximate surface area is 155 Å². The highest BCUT2D eigenvalue weighted by atomic mass is 16.5. The number of benzene rings is 2. The maximum Gasteiger partial charge on any atom is 0.263 e. The summed E-state index contributed by atoms with van der Waals surface area (Å²) in [6.45, 7) is 4.86. The Bertz CT molecular complexity index is 761. The van der Waals surface area contributed by atoms with Gasteiger partial charge in [-0.15, -0.1) is 0 Å². The van der Waals surface area contributed by atoms with Crippen molar-refractivity contribution in [2.75, 3.05) is 25.5 Å². The summed E-state index contributed by atoms with van der Waals surface area (Å²) in [7, 11) is 4.00. The highest BCUT2D eigenvalue weighted by Crippen LogP contribution is 2.17. The van der Waals surface area contributed by atoms with E-state index in [0.717, 1.165) is 11.3 Å². The van der Waals surface area contributed by atoms with Gasteiger partial charge in [0, 0.05) is 32.9 Å². The molecule has 0 N–H and O–H groups in total. The third kappa shape index (κ3) is 5.00. The molecule has 136 valence electrons. The van der Waals surface area contributed by atoms with E-state index in [2.05, 4.69) is 6.07 Å². The molecule has 0 aliphatic rings. The maximum atomic E-state index is 12.7. The highest BCUT2D eigenvalue weighted by Gasteiger charge is 2.21.